The normalized spacial score (nSPS) is 15.0. The third-order valence-corrected chi connectivity index (χ3v) is 4.05. The molecular weight excluding hydrogens is 299 g/mol. The number of nitrogens with one attached hydrogen (secondary N) is 2. The van der Waals surface area contributed by atoms with Crippen LogP contribution in [0.4, 0.5) is 4.39 Å². The topological polar surface area (TPSA) is 75.3 Å². The molecule has 1 aromatic rings. The summed E-state index contributed by atoms with van der Waals surface area (Å²) in [5.74, 6) is -1.26. The average Bonchev–Trinajstić information content (AvgIpc) is 2.59. The summed E-state index contributed by atoms with van der Waals surface area (Å²) in [6, 6.07) is 5.19. The van der Waals surface area contributed by atoms with Crippen LogP contribution in [0.5, 0.6) is 0 Å². The second kappa shape index (κ2) is 8.41. The van der Waals surface area contributed by atoms with Gasteiger partial charge in [-0.25, -0.2) is 4.39 Å². The van der Waals surface area contributed by atoms with Crippen molar-refractivity contribution in [2.24, 2.45) is 5.92 Å². The highest BCUT2D eigenvalue weighted by Crippen LogP contribution is 2.23. The number of hydrogen-bond acceptors (Lipinski definition) is 3. The molecule has 1 aliphatic rings. The van der Waals surface area contributed by atoms with E-state index < -0.39 is 11.7 Å². The van der Waals surface area contributed by atoms with Crippen molar-refractivity contribution >= 4 is 17.6 Å². The quantitative estimate of drug-likeness (QED) is 0.646. The average molecular weight is 320 g/mol. The summed E-state index contributed by atoms with van der Waals surface area (Å²) in [4.78, 5) is 35.4. The Balaban J connectivity index is 1.69. The van der Waals surface area contributed by atoms with Crippen molar-refractivity contribution in [2.45, 2.75) is 44.9 Å². The summed E-state index contributed by atoms with van der Waals surface area (Å²) < 4.78 is 12.8. The van der Waals surface area contributed by atoms with E-state index in [1.54, 1.807) is 0 Å². The zero-order valence-corrected chi connectivity index (χ0v) is 12.9. The lowest BCUT2D eigenvalue weighted by Crippen LogP contribution is -2.45. The fraction of sp³-hybridized carbons (Fsp3) is 0.471. The van der Waals surface area contributed by atoms with E-state index in [1.807, 2.05) is 0 Å². The Morgan fingerprint density at radius 1 is 0.957 bits per heavy atom. The molecular formula is C17H21FN2O3. The van der Waals surface area contributed by atoms with E-state index in [-0.39, 0.29) is 30.4 Å². The van der Waals surface area contributed by atoms with Gasteiger partial charge in [-0.05, 0) is 37.1 Å². The Labute approximate surface area is 134 Å². The number of rotatable bonds is 5. The molecule has 0 atom stereocenters. The third-order valence-electron chi connectivity index (χ3n) is 4.05. The monoisotopic (exact) mass is 320 g/mol. The van der Waals surface area contributed by atoms with E-state index in [0.717, 1.165) is 32.1 Å². The predicted octanol–water partition coefficient (Wildman–Crippen LogP) is 2.52. The van der Waals surface area contributed by atoms with E-state index in [4.69, 9.17) is 0 Å². The minimum Gasteiger partial charge on any atom is -0.294 e. The number of Topliss-reactive ketones (excluding diaryl/α,β-unsaturated/α-hetero) is 1. The van der Waals surface area contributed by atoms with Crippen LogP contribution in [0.25, 0.3) is 0 Å². The molecule has 0 heterocycles. The highest BCUT2D eigenvalue weighted by atomic mass is 19.1. The first kappa shape index (κ1) is 17.1. The first-order valence-electron chi connectivity index (χ1n) is 7.94. The number of amides is 2. The lowest BCUT2D eigenvalue weighted by Gasteiger charge is -2.20. The van der Waals surface area contributed by atoms with E-state index in [9.17, 15) is 18.8 Å². The van der Waals surface area contributed by atoms with Crippen LogP contribution in [0, 0.1) is 11.7 Å². The van der Waals surface area contributed by atoms with Crippen LogP contribution >= 0.6 is 0 Å². The van der Waals surface area contributed by atoms with Crippen LogP contribution in [-0.2, 0) is 9.59 Å². The molecule has 23 heavy (non-hydrogen) atoms. The van der Waals surface area contributed by atoms with Gasteiger partial charge in [0.05, 0.1) is 0 Å². The van der Waals surface area contributed by atoms with Crippen LogP contribution in [0.2, 0.25) is 0 Å². The van der Waals surface area contributed by atoms with Gasteiger partial charge in [0.15, 0.2) is 5.78 Å². The molecule has 0 bridgehead atoms. The summed E-state index contributed by atoms with van der Waals surface area (Å²) in [7, 11) is 0. The molecule has 2 N–H and O–H groups in total. The Kier molecular flexibility index (Phi) is 6.26. The summed E-state index contributed by atoms with van der Waals surface area (Å²) in [5.41, 5.74) is 5.13. The lowest BCUT2D eigenvalue weighted by atomic mass is 9.89. The van der Waals surface area contributed by atoms with Gasteiger partial charge in [0, 0.05) is 24.3 Å². The highest BCUT2D eigenvalue weighted by molar-refractivity contribution is 5.98. The standard InChI is InChI=1S/C17H21FN2O3/c18-14-8-6-12(7-9-14)15(21)10-11-16(22)19-20-17(23)13-4-2-1-3-5-13/h6-9,13H,1-5,10-11H2,(H,19,22)(H,20,23). The van der Waals surface area contributed by atoms with Gasteiger partial charge in [-0.15, -0.1) is 0 Å². The lowest BCUT2D eigenvalue weighted by molar-refractivity contribution is -0.131. The van der Waals surface area contributed by atoms with Gasteiger partial charge in [-0.2, -0.15) is 0 Å². The first-order valence-corrected chi connectivity index (χ1v) is 7.94. The van der Waals surface area contributed by atoms with Crippen molar-refractivity contribution in [3.05, 3.63) is 35.6 Å². The molecule has 2 rings (SSSR count). The fourth-order valence-corrected chi connectivity index (χ4v) is 2.67. The zero-order valence-electron chi connectivity index (χ0n) is 12.9. The van der Waals surface area contributed by atoms with Crippen LogP contribution in [0.1, 0.15) is 55.3 Å². The van der Waals surface area contributed by atoms with Gasteiger partial charge in [0.1, 0.15) is 5.82 Å². The second-order valence-electron chi connectivity index (χ2n) is 5.80. The van der Waals surface area contributed by atoms with Crippen molar-refractivity contribution in [3.63, 3.8) is 0 Å². The van der Waals surface area contributed by atoms with Gasteiger partial charge in [-0.3, -0.25) is 25.2 Å². The number of carbonyl (C=O) groups excluding carboxylic acids is 3. The number of benzene rings is 1. The van der Waals surface area contributed by atoms with Gasteiger partial charge in [-0.1, -0.05) is 19.3 Å². The Hall–Kier alpha value is -2.24. The number of hydrazine groups is 1. The summed E-state index contributed by atoms with van der Waals surface area (Å²) in [6.07, 6.45) is 4.92. The number of ketones is 1. The van der Waals surface area contributed by atoms with Crippen molar-refractivity contribution in [1.29, 1.82) is 0 Å². The molecule has 0 saturated heterocycles. The van der Waals surface area contributed by atoms with Gasteiger partial charge >= 0.3 is 0 Å². The molecule has 1 aromatic carbocycles. The summed E-state index contributed by atoms with van der Waals surface area (Å²) >= 11 is 0. The maximum atomic E-state index is 12.8. The maximum absolute atomic E-state index is 12.8. The molecule has 1 saturated carbocycles. The van der Waals surface area contributed by atoms with Crippen molar-refractivity contribution in [2.75, 3.05) is 0 Å². The Morgan fingerprint density at radius 3 is 2.26 bits per heavy atom. The molecule has 0 aromatic heterocycles. The van der Waals surface area contributed by atoms with E-state index in [0.29, 0.717) is 5.56 Å². The molecule has 1 fully saturated rings. The third kappa shape index (κ3) is 5.47. The molecule has 2 amide bonds. The number of carbonyl (C=O) groups is 3. The van der Waals surface area contributed by atoms with Crippen molar-refractivity contribution in [1.82, 2.24) is 10.9 Å². The smallest absolute Gasteiger partial charge is 0.241 e. The maximum Gasteiger partial charge on any atom is 0.241 e. The molecule has 5 nitrogen and oxygen atoms in total. The molecule has 0 unspecified atom stereocenters. The predicted molar refractivity (Wildman–Crippen MR) is 82.8 cm³/mol. The molecule has 0 spiro atoms. The first-order chi connectivity index (χ1) is 11.1. The fourth-order valence-electron chi connectivity index (χ4n) is 2.67. The summed E-state index contributed by atoms with van der Waals surface area (Å²) in [6.45, 7) is 0. The van der Waals surface area contributed by atoms with Crippen LogP contribution < -0.4 is 10.9 Å². The summed E-state index contributed by atoms with van der Waals surface area (Å²) in [5, 5.41) is 0. The highest BCUT2D eigenvalue weighted by Gasteiger charge is 2.21. The van der Waals surface area contributed by atoms with Crippen molar-refractivity contribution in [3.8, 4) is 0 Å². The molecule has 0 radical (unpaired) electrons. The van der Waals surface area contributed by atoms with Crippen LogP contribution in [-0.4, -0.2) is 17.6 Å². The largest absolute Gasteiger partial charge is 0.294 e. The SMILES string of the molecule is O=C(CCC(=O)c1ccc(F)cc1)NNC(=O)C1CCCCC1. The second-order valence-corrected chi connectivity index (χ2v) is 5.80. The van der Waals surface area contributed by atoms with E-state index in [2.05, 4.69) is 10.9 Å². The minimum absolute atomic E-state index is 0.0107. The molecule has 0 aliphatic heterocycles. The van der Waals surface area contributed by atoms with Crippen LogP contribution in [0.3, 0.4) is 0 Å². The van der Waals surface area contributed by atoms with Gasteiger partial charge < -0.3 is 0 Å². The van der Waals surface area contributed by atoms with Gasteiger partial charge in [0.25, 0.3) is 0 Å². The Morgan fingerprint density at radius 2 is 1.61 bits per heavy atom. The number of hydrogen-bond donors (Lipinski definition) is 2. The molecule has 124 valence electrons. The molecule has 6 heteroatoms. The van der Waals surface area contributed by atoms with Crippen molar-refractivity contribution < 1.29 is 18.8 Å². The van der Waals surface area contributed by atoms with Gasteiger partial charge in [0.2, 0.25) is 11.8 Å². The van der Waals surface area contributed by atoms with Crippen LogP contribution in [0.15, 0.2) is 24.3 Å². The number of halogens is 1. The van der Waals surface area contributed by atoms with E-state index in [1.165, 1.54) is 24.3 Å². The molecule has 1 aliphatic carbocycles. The minimum atomic E-state index is -0.412. The van der Waals surface area contributed by atoms with E-state index >= 15 is 0 Å². The Bertz CT molecular complexity index is 566. The zero-order chi connectivity index (χ0) is 16.7.